The topological polar surface area (TPSA) is 45.6 Å². The highest BCUT2D eigenvalue weighted by Crippen LogP contribution is 2.11. The zero-order valence-electron chi connectivity index (χ0n) is 12.7. The Hall–Kier alpha value is -2.40. The van der Waals surface area contributed by atoms with Crippen LogP contribution in [0.5, 0.6) is 5.75 Å². The van der Waals surface area contributed by atoms with Gasteiger partial charge in [0, 0.05) is 5.69 Å². The number of thiocarbonyl (C=S) groups is 1. The second-order valence-electron chi connectivity index (χ2n) is 4.70. The van der Waals surface area contributed by atoms with Gasteiger partial charge in [-0.15, -0.1) is 0 Å². The molecular weight excluding hydrogens is 294 g/mol. The maximum atomic E-state index is 5.39. The zero-order chi connectivity index (χ0) is 15.8. The van der Waals surface area contributed by atoms with E-state index in [1.807, 2.05) is 62.4 Å². The Balaban J connectivity index is 1.85. The van der Waals surface area contributed by atoms with Crippen molar-refractivity contribution in [2.24, 2.45) is 5.10 Å². The van der Waals surface area contributed by atoms with Crippen LogP contribution in [0.25, 0.3) is 0 Å². The molecule has 2 rings (SSSR count). The van der Waals surface area contributed by atoms with Gasteiger partial charge in [0.25, 0.3) is 0 Å². The molecule has 0 aliphatic heterocycles. The molecule has 0 atom stereocenters. The summed E-state index contributed by atoms with van der Waals surface area (Å²) in [6.45, 7) is 4.65. The van der Waals surface area contributed by atoms with Gasteiger partial charge in [-0.05, 0) is 73.6 Å². The molecule has 0 saturated heterocycles. The molecule has 0 bridgehead atoms. The average molecular weight is 313 g/mol. The summed E-state index contributed by atoms with van der Waals surface area (Å²) in [5, 5.41) is 7.65. The first-order valence-corrected chi connectivity index (χ1v) is 7.48. The van der Waals surface area contributed by atoms with Crippen molar-refractivity contribution in [3.05, 3.63) is 59.7 Å². The molecule has 0 spiro atoms. The van der Waals surface area contributed by atoms with Gasteiger partial charge < -0.3 is 10.1 Å². The van der Waals surface area contributed by atoms with Crippen molar-refractivity contribution < 1.29 is 4.74 Å². The van der Waals surface area contributed by atoms with Gasteiger partial charge in [-0.1, -0.05) is 12.1 Å². The molecule has 0 unspecified atom stereocenters. The van der Waals surface area contributed by atoms with Gasteiger partial charge in [-0.25, -0.2) is 0 Å². The monoisotopic (exact) mass is 313 g/mol. The number of hydrogen-bond donors (Lipinski definition) is 2. The first kappa shape index (κ1) is 16.0. The predicted molar refractivity (Wildman–Crippen MR) is 95.7 cm³/mol. The maximum absolute atomic E-state index is 5.39. The summed E-state index contributed by atoms with van der Waals surface area (Å²) in [5.74, 6) is 0.851. The van der Waals surface area contributed by atoms with Crippen LogP contribution in [-0.4, -0.2) is 17.9 Å². The Morgan fingerprint density at radius 3 is 2.68 bits per heavy atom. The van der Waals surface area contributed by atoms with Crippen LogP contribution in [0.1, 0.15) is 18.1 Å². The molecule has 0 fully saturated rings. The summed E-state index contributed by atoms with van der Waals surface area (Å²) < 4.78 is 5.39. The molecule has 0 aromatic heterocycles. The van der Waals surface area contributed by atoms with Gasteiger partial charge in [0.05, 0.1) is 12.8 Å². The molecule has 2 aromatic rings. The van der Waals surface area contributed by atoms with E-state index in [9.17, 15) is 0 Å². The van der Waals surface area contributed by atoms with Crippen molar-refractivity contribution >= 4 is 29.2 Å². The van der Waals surface area contributed by atoms with Crippen molar-refractivity contribution in [1.29, 1.82) is 0 Å². The molecule has 0 amide bonds. The second kappa shape index (κ2) is 8.14. The highest BCUT2D eigenvalue weighted by atomic mass is 32.1. The van der Waals surface area contributed by atoms with Crippen molar-refractivity contribution in [2.45, 2.75) is 13.8 Å². The van der Waals surface area contributed by atoms with Gasteiger partial charge in [-0.2, -0.15) is 5.10 Å². The lowest BCUT2D eigenvalue weighted by Gasteiger charge is -2.07. The molecule has 0 radical (unpaired) electrons. The van der Waals surface area contributed by atoms with Crippen molar-refractivity contribution in [1.82, 2.24) is 5.43 Å². The van der Waals surface area contributed by atoms with E-state index < -0.39 is 0 Å². The Morgan fingerprint density at radius 2 is 2.00 bits per heavy atom. The Bertz CT molecular complexity index is 653. The van der Waals surface area contributed by atoms with Crippen LogP contribution >= 0.6 is 12.2 Å². The van der Waals surface area contributed by atoms with E-state index in [-0.39, 0.29) is 0 Å². The Kier molecular flexibility index (Phi) is 5.91. The summed E-state index contributed by atoms with van der Waals surface area (Å²) in [6, 6.07) is 15.7. The number of hydrazone groups is 1. The van der Waals surface area contributed by atoms with Gasteiger partial charge >= 0.3 is 0 Å². The largest absolute Gasteiger partial charge is 0.494 e. The maximum Gasteiger partial charge on any atom is 0.191 e. The zero-order valence-corrected chi connectivity index (χ0v) is 13.5. The van der Waals surface area contributed by atoms with Gasteiger partial charge in [-0.3, -0.25) is 5.43 Å². The Morgan fingerprint density at radius 1 is 1.23 bits per heavy atom. The summed E-state index contributed by atoms with van der Waals surface area (Å²) in [4.78, 5) is 0. The molecule has 4 nitrogen and oxygen atoms in total. The summed E-state index contributed by atoms with van der Waals surface area (Å²) in [7, 11) is 0. The fourth-order valence-electron chi connectivity index (χ4n) is 1.86. The summed E-state index contributed by atoms with van der Waals surface area (Å²) in [5.41, 5.74) is 5.87. The normalized spacial score (nSPS) is 10.5. The third-order valence-corrected chi connectivity index (χ3v) is 3.04. The summed E-state index contributed by atoms with van der Waals surface area (Å²) >= 11 is 5.19. The number of nitrogens with one attached hydrogen (secondary N) is 2. The van der Waals surface area contributed by atoms with Gasteiger partial charge in [0.2, 0.25) is 0 Å². The highest BCUT2D eigenvalue weighted by molar-refractivity contribution is 7.80. The van der Waals surface area contributed by atoms with Crippen molar-refractivity contribution in [2.75, 3.05) is 11.9 Å². The van der Waals surface area contributed by atoms with Crippen molar-refractivity contribution in [3.63, 3.8) is 0 Å². The molecule has 114 valence electrons. The lowest BCUT2D eigenvalue weighted by atomic mass is 10.2. The number of rotatable bonds is 5. The molecule has 0 saturated carbocycles. The lowest BCUT2D eigenvalue weighted by molar-refractivity contribution is 0.340. The standard InChI is InChI=1S/C17H19N3OS/c1-3-21-16-9-7-14(8-10-16)12-18-20-17(22)19-15-6-4-5-13(2)11-15/h4-12H,3H2,1-2H3,(H2,19,20,22)/b18-12+. The number of hydrogen-bond acceptors (Lipinski definition) is 3. The van der Waals surface area contributed by atoms with Gasteiger partial charge in [0.15, 0.2) is 5.11 Å². The van der Waals surface area contributed by atoms with Crippen LogP contribution < -0.4 is 15.5 Å². The van der Waals surface area contributed by atoms with Crippen LogP contribution in [0.4, 0.5) is 5.69 Å². The van der Waals surface area contributed by atoms with E-state index in [1.165, 1.54) is 5.56 Å². The second-order valence-corrected chi connectivity index (χ2v) is 5.10. The summed E-state index contributed by atoms with van der Waals surface area (Å²) in [6.07, 6.45) is 1.71. The molecular formula is C17H19N3OS. The molecule has 2 aromatic carbocycles. The smallest absolute Gasteiger partial charge is 0.191 e. The van der Waals surface area contributed by atoms with Crippen LogP contribution in [0, 0.1) is 6.92 Å². The van der Waals surface area contributed by atoms with Crippen molar-refractivity contribution in [3.8, 4) is 5.75 Å². The average Bonchev–Trinajstić information content (AvgIpc) is 2.49. The third-order valence-electron chi connectivity index (χ3n) is 2.85. The first-order valence-electron chi connectivity index (χ1n) is 7.07. The minimum absolute atomic E-state index is 0.452. The van der Waals surface area contributed by atoms with E-state index >= 15 is 0 Å². The predicted octanol–water partition coefficient (Wildman–Crippen LogP) is 3.71. The number of aryl methyl sites for hydroxylation is 1. The van der Waals surface area contributed by atoms with E-state index in [2.05, 4.69) is 15.8 Å². The lowest BCUT2D eigenvalue weighted by Crippen LogP contribution is -2.23. The van der Waals surface area contributed by atoms with Crippen LogP contribution in [0.15, 0.2) is 53.6 Å². The minimum Gasteiger partial charge on any atom is -0.494 e. The molecule has 0 aliphatic carbocycles. The quantitative estimate of drug-likeness (QED) is 0.502. The number of anilines is 1. The van der Waals surface area contributed by atoms with Crippen LogP contribution in [-0.2, 0) is 0 Å². The van der Waals surface area contributed by atoms with E-state index in [4.69, 9.17) is 17.0 Å². The fraction of sp³-hybridized carbons (Fsp3) is 0.176. The van der Waals surface area contributed by atoms with E-state index in [0.717, 1.165) is 17.0 Å². The number of nitrogens with zero attached hydrogens (tertiary/aromatic N) is 1. The van der Waals surface area contributed by atoms with Gasteiger partial charge in [0.1, 0.15) is 5.75 Å². The highest BCUT2D eigenvalue weighted by Gasteiger charge is 1.96. The Labute approximate surface area is 136 Å². The minimum atomic E-state index is 0.452. The molecule has 0 aliphatic rings. The number of benzene rings is 2. The molecule has 0 heterocycles. The molecule has 2 N–H and O–H groups in total. The third kappa shape index (κ3) is 5.18. The van der Waals surface area contributed by atoms with Crippen LogP contribution in [0.2, 0.25) is 0 Å². The molecule has 22 heavy (non-hydrogen) atoms. The molecule has 5 heteroatoms. The van der Waals surface area contributed by atoms with Crippen LogP contribution in [0.3, 0.4) is 0 Å². The first-order chi connectivity index (χ1) is 10.7. The number of ether oxygens (including phenoxy) is 1. The fourth-order valence-corrected chi connectivity index (χ4v) is 2.03. The SMILES string of the molecule is CCOc1ccc(/C=N/NC(=S)Nc2cccc(C)c2)cc1. The van der Waals surface area contributed by atoms with E-state index in [1.54, 1.807) is 6.21 Å². The van der Waals surface area contributed by atoms with E-state index in [0.29, 0.717) is 11.7 Å².